The molecule has 5 heteroatoms. The Morgan fingerprint density at radius 3 is 2.19 bits per heavy atom. The summed E-state index contributed by atoms with van der Waals surface area (Å²) in [5.41, 5.74) is 6.71. The molecule has 5 nitrogen and oxygen atoms in total. The summed E-state index contributed by atoms with van der Waals surface area (Å²) in [4.78, 5) is 28.6. The standard InChI is InChI=1S/C27H26N2O3/c1-16-9-14-22(18(3)15-16)28-25-24(20-10-12-21(32-5)13-11-20)26(30)29(27(25)31)23-8-6-7-17(2)19(23)4/h6-15,28H,1-5H3. The lowest BCUT2D eigenvalue weighted by molar-refractivity contribution is -0.120. The summed E-state index contributed by atoms with van der Waals surface area (Å²) < 4.78 is 5.25. The first-order chi connectivity index (χ1) is 15.3. The van der Waals surface area contributed by atoms with E-state index in [9.17, 15) is 9.59 Å². The highest BCUT2D eigenvalue weighted by Gasteiger charge is 2.41. The first-order valence-corrected chi connectivity index (χ1v) is 10.5. The molecule has 0 aliphatic carbocycles. The number of hydrogen-bond donors (Lipinski definition) is 1. The second-order valence-corrected chi connectivity index (χ2v) is 8.09. The fourth-order valence-corrected chi connectivity index (χ4v) is 3.96. The monoisotopic (exact) mass is 426 g/mol. The van der Waals surface area contributed by atoms with Crippen molar-refractivity contribution in [3.05, 3.63) is 94.2 Å². The molecule has 0 saturated heterocycles. The molecule has 4 rings (SSSR count). The maximum absolute atomic E-state index is 13.7. The van der Waals surface area contributed by atoms with E-state index in [1.165, 1.54) is 4.90 Å². The second-order valence-electron chi connectivity index (χ2n) is 8.09. The van der Waals surface area contributed by atoms with Gasteiger partial charge in [-0.15, -0.1) is 0 Å². The number of rotatable bonds is 5. The molecule has 162 valence electrons. The molecule has 0 saturated carbocycles. The molecule has 0 spiro atoms. The molecule has 1 heterocycles. The highest BCUT2D eigenvalue weighted by molar-refractivity contribution is 6.46. The summed E-state index contributed by atoms with van der Waals surface area (Å²) >= 11 is 0. The number of anilines is 2. The van der Waals surface area contributed by atoms with Gasteiger partial charge in [0.05, 0.1) is 18.4 Å². The number of nitrogens with zero attached hydrogens (tertiary/aromatic N) is 1. The van der Waals surface area contributed by atoms with Gasteiger partial charge in [-0.05, 0) is 74.2 Å². The topological polar surface area (TPSA) is 58.6 Å². The van der Waals surface area contributed by atoms with Crippen LogP contribution in [0.3, 0.4) is 0 Å². The van der Waals surface area contributed by atoms with E-state index in [1.54, 1.807) is 31.4 Å². The number of nitrogens with one attached hydrogen (secondary N) is 1. The van der Waals surface area contributed by atoms with Crippen LogP contribution in [0.2, 0.25) is 0 Å². The van der Waals surface area contributed by atoms with Gasteiger partial charge in [0.15, 0.2) is 0 Å². The van der Waals surface area contributed by atoms with E-state index in [1.807, 2.05) is 64.1 Å². The number of ether oxygens (including phenoxy) is 1. The van der Waals surface area contributed by atoms with Crippen molar-refractivity contribution in [1.82, 2.24) is 0 Å². The van der Waals surface area contributed by atoms with Gasteiger partial charge in [-0.3, -0.25) is 9.59 Å². The van der Waals surface area contributed by atoms with Crippen LogP contribution in [0.25, 0.3) is 5.57 Å². The number of benzene rings is 3. The molecule has 0 radical (unpaired) electrons. The summed E-state index contributed by atoms with van der Waals surface area (Å²) in [6.07, 6.45) is 0. The quantitative estimate of drug-likeness (QED) is 0.561. The van der Waals surface area contributed by atoms with E-state index in [-0.39, 0.29) is 17.5 Å². The number of aryl methyl sites for hydroxylation is 3. The van der Waals surface area contributed by atoms with Gasteiger partial charge in [0, 0.05) is 5.69 Å². The maximum atomic E-state index is 13.7. The van der Waals surface area contributed by atoms with Crippen molar-refractivity contribution < 1.29 is 14.3 Å². The molecular formula is C27H26N2O3. The summed E-state index contributed by atoms with van der Waals surface area (Å²) in [6.45, 7) is 7.89. The summed E-state index contributed by atoms with van der Waals surface area (Å²) in [7, 11) is 1.59. The Hall–Kier alpha value is -3.86. The van der Waals surface area contributed by atoms with Crippen LogP contribution in [-0.4, -0.2) is 18.9 Å². The highest BCUT2D eigenvalue weighted by Crippen LogP contribution is 2.36. The van der Waals surface area contributed by atoms with Gasteiger partial charge in [0.1, 0.15) is 11.4 Å². The molecule has 0 atom stereocenters. The molecule has 1 aliphatic rings. The number of hydrogen-bond acceptors (Lipinski definition) is 4. The summed E-state index contributed by atoms with van der Waals surface area (Å²) in [6, 6.07) is 18.8. The van der Waals surface area contributed by atoms with Crippen molar-refractivity contribution in [2.75, 3.05) is 17.3 Å². The molecule has 3 aromatic carbocycles. The third-order valence-corrected chi connectivity index (χ3v) is 5.92. The van der Waals surface area contributed by atoms with Gasteiger partial charge in [0.25, 0.3) is 11.8 Å². The van der Waals surface area contributed by atoms with Crippen molar-refractivity contribution in [3.8, 4) is 5.75 Å². The van der Waals surface area contributed by atoms with Gasteiger partial charge < -0.3 is 10.1 Å². The Labute approximate surface area is 188 Å². The molecule has 3 aromatic rings. The first kappa shape index (κ1) is 21.4. The third-order valence-electron chi connectivity index (χ3n) is 5.92. The summed E-state index contributed by atoms with van der Waals surface area (Å²) in [5.74, 6) is -0.0305. The molecular weight excluding hydrogens is 400 g/mol. The average Bonchev–Trinajstić information content (AvgIpc) is 3.01. The number of methoxy groups -OCH3 is 1. The lowest BCUT2D eigenvalue weighted by Crippen LogP contribution is -2.33. The van der Waals surface area contributed by atoms with E-state index < -0.39 is 0 Å². The van der Waals surface area contributed by atoms with Crippen molar-refractivity contribution in [1.29, 1.82) is 0 Å². The van der Waals surface area contributed by atoms with Gasteiger partial charge in [0.2, 0.25) is 0 Å². The number of carbonyl (C=O) groups is 2. The first-order valence-electron chi connectivity index (χ1n) is 10.5. The molecule has 1 N–H and O–H groups in total. The van der Waals surface area contributed by atoms with Gasteiger partial charge in [-0.1, -0.05) is 42.0 Å². The van der Waals surface area contributed by atoms with Gasteiger partial charge >= 0.3 is 0 Å². The predicted molar refractivity (Wildman–Crippen MR) is 128 cm³/mol. The average molecular weight is 427 g/mol. The van der Waals surface area contributed by atoms with Crippen LogP contribution in [-0.2, 0) is 9.59 Å². The molecule has 0 bridgehead atoms. The van der Waals surface area contributed by atoms with E-state index in [0.717, 1.165) is 27.9 Å². The minimum Gasteiger partial charge on any atom is -0.497 e. The van der Waals surface area contributed by atoms with Gasteiger partial charge in [-0.2, -0.15) is 0 Å². The van der Waals surface area contributed by atoms with Crippen LogP contribution in [0.15, 0.2) is 66.4 Å². The second kappa shape index (κ2) is 8.35. The predicted octanol–water partition coefficient (Wildman–Crippen LogP) is 5.33. The molecule has 0 aromatic heterocycles. The molecule has 1 aliphatic heterocycles. The molecule has 2 amide bonds. The largest absolute Gasteiger partial charge is 0.497 e. The van der Waals surface area contributed by atoms with E-state index in [2.05, 4.69) is 5.32 Å². The fraction of sp³-hybridized carbons (Fsp3) is 0.185. The Bertz CT molecular complexity index is 1260. The van der Waals surface area contributed by atoms with Crippen LogP contribution < -0.4 is 15.0 Å². The lowest BCUT2D eigenvalue weighted by Gasteiger charge is -2.19. The smallest absolute Gasteiger partial charge is 0.282 e. The van der Waals surface area contributed by atoms with Crippen molar-refractivity contribution in [2.45, 2.75) is 27.7 Å². The van der Waals surface area contributed by atoms with Crippen molar-refractivity contribution >= 4 is 28.8 Å². The normalized spacial score (nSPS) is 13.7. The Kier molecular flexibility index (Phi) is 5.57. The minimum absolute atomic E-state index is 0.271. The summed E-state index contributed by atoms with van der Waals surface area (Å²) in [5, 5.41) is 3.26. The lowest BCUT2D eigenvalue weighted by atomic mass is 10.0. The Morgan fingerprint density at radius 2 is 1.53 bits per heavy atom. The van der Waals surface area contributed by atoms with E-state index in [4.69, 9.17) is 4.74 Å². The van der Waals surface area contributed by atoms with E-state index in [0.29, 0.717) is 22.6 Å². The third kappa shape index (κ3) is 3.66. The van der Waals surface area contributed by atoms with Crippen LogP contribution in [0.1, 0.15) is 27.8 Å². The zero-order valence-corrected chi connectivity index (χ0v) is 18.9. The van der Waals surface area contributed by atoms with Gasteiger partial charge in [-0.25, -0.2) is 4.90 Å². The molecule has 0 unspecified atom stereocenters. The Balaban J connectivity index is 1.86. The van der Waals surface area contributed by atoms with Crippen LogP contribution in [0.5, 0.6) is 5.75 Å². The molecule has 0 fully saturated rings. The minimum atomic E-state index is -0.366. The zero-order valence-electron chi connectivity index (χ0n) is 18.9. The van der Waals surface area contributed by atoms with Crippen molar-refractivity contribution in [2.24, 2.45) is 0 Å². The van der Waals surface area contributed by atoms with E-state index >= 15 is 0 Å². The zero-order chi connectivity index (χ0) is 23.0. The van der Waals surface area contributed by atoms with Crippen LogP contribution >= 0.6 is 0 Å². The Morgan fingerprint density at radius 1 is 0.812 bits per heavy atom. The molecule has 32 heavy (non-hydrogen) atoms. The highest BCUT2D eigenvalue weighted by atomic mass is 16.5. The van der Waals surface area contributed by atoms with Crippen LogP contribution in [0, 0.1) is 27.7 Å². The number of imide groups is 1. The number of amides is 2. The fourth-order valence-electron chi connectivity index (χ4n) is 3.96. The van der Waals surface area contributed by atoms with Crippen LogP contribution in [0.4, 0.5) is 11.4 Å². The van der Waals surface area contributed by atoms with Crippen molar-refractivity contribution in [3.63, 3.8) is 0 Å². The number of carbonyl (C=O) groups excluding carboxylic acids is 2. The SMILES string of the molecule is COc1ccc(C2=C(Nc3ccc(C)cc3C)C(=O)N(c3cccc(C)c3C)C2=O)cc1. The maximum Gasteiger partial charge on any atom is 0.282 e.